The Kier molecular flexibility index (Phi) is 5.24. The van der Waals surface area contributed by atoms with Gasteiger partial charge in [0.15, 0.2) is 12.4 Å². The standard InChI is InChI=1S/C17H20ClN5O3/c1-12-19-16(21-9-7-20(2)8-10-21)17(23(25)26)22(12)11-15(24)13-3-5-14(18)6-4-13/h3-6H,7-11H2,1-2H3. The highest BCUT2D eigenvalue weighted by atomic mass is 35.5. The van der Waals surface area contributed by atoms with Crippen LogP contribution in [-0.4, -0.2) is 58.4 Å². The van der Waals surface area contributed by atoms with Crippen LogP contribution in [0.5, 0.6) is 0 Å². The smallest absolute Gasteiger partial charge is 0.358 e. The van der Waals surface area contributed by atoms with Crippen molar-refractivity contribution in [3.05, 3.63) is 50.8 Å². The van der Waals surface area contributed by atoms with Crippen LogP contribution in [0.1, 0.15) is 16.2 Å². The van der Waals surface area contributed by atoms with E-state index in [0.29, 0.717) is 35.3 Å². The lowest BCUT2D eigenvalue weighted by molar-refractivity contribution is -0.391. The molecule has 26 heavy (non-hydrogen) atoms. The summed E-state index contributed by atoms with van der Waals surface area (Å²) in [5, 5.41) is 12.2. The molecule has 2 heterocycles. The molecule has 1 aromatic heterocycles. The van der Waals surface area contributed by atoms with Crippen molar-refractivity contribution >= 4 is 29.0 Å². The third kappa shape index (κ3) is 3.71. The van der Waals surface area contributed by atoms with E-state index in [9.17, 15) is 14.9 Å². The number of imidazole rings is 1. The van der Waals surface area contributed by atoms with Gasteiger partial charge in [0.25, 0.3) is 0 Å². The van der Waals surface area contributed by atoms with E-state index in [-0.39, 0.29) is 18.1 Å². The molecular formula is C17H20ClN5O3. The molecule has 9 heteroatoms. The number of nitro groups is 1. The first-order chi connectivity index (χ1) is 12.4. The van der Waals surface area contributed by atoms with Crippen LogP contribution in [0.4, 0.5) is 11.6 Å². The number of nitrogens with zero attached hydrogens (tertiary/aromatic N) is 5. The fourth-order valence-electron chi connectivity index (χ4n) is 3.01. The van der Waals surface area contributed by atoms with Crippen molar-refractivity contribution < 1.29 is 9.72 Å². The molecule has 0 amide bonds. The Hall–Kier alpha value is -2.45. The average Bonchev–Trinajstić information content (AvgIpc) is 2.93. The van der Waals surface area contributed by atoms with E-state index in [1.807, 2.05) is 11.9 Å². The van der Waals surface area contributed by atoms with Crippen LogP contribution in [0.15, 0.2) is 24.3 Å². The maximum Gasteiger partial charge on any atom is 0.367 e. The summed E-state index contributed by atoms with van der Waals surface area (Å²) in [5.74, 6) is 0.432. The summed E-state index contributed by atoms with van der Waals surface area (Å²) in [5.41, 5.74) is 0.456. The largest absolute Gasteiger partial charge is 0.367 e. The summed E-state index contributed by atoms with van der Waals surface area (Å²) in [4.78, 5) is 32.3. The topological polar surface area (TPSA) is 84.5 Å². The molecular weight excluding hydrogens is 358 g/mol. The van der Waals surface area contributed by atoms with Crippen LogP contribution in [0.25, 0.3) is 0 Å². The zero-order chi connectivity index (χ0) is 18.8. The van der Waals surface area contributed by atoms with Crippen LogP contribution < -0.4 is 4.90 Å². The number of aromatic nitrogens is 2. The second-order valence-corrected chi connectivity index (χ2v) is 6.81. The highest BCUT2D eigenvalue weighted by Crippen LogP contribution is 2.30. The molecule has 1 aliphatic rings. The minimum Gasteiger partial charge on any atom is -0.358 e. The zero-order valence-electron chi connectivity index (χ0n) is 14.7. The van der Waals surface area contributed by atoms with E-state index >= 15 is 0 Å². The number of ketones is 1. The molecule has 2 aromatic rings. The van der Waals surface area contributed by atoms with E-state index in [0.717, 1.165) is 13.1 Å². The molecule has 1 saturated heterocycles. The second-order valence-electron chi connectivity index (χ2n) is 6.37. The Morgan fingerprint density at radius 1 is 1.23 bits per heavy atom. The lowest BCUT2D eigenvalue weighted by Crippen LogP contribution is -2.44. The summed E-state index contributed by atoms with van der Waals surface area (Å²) < 4.78 is 1.38. The maximum atomic E-state index is 12.5. The SMILES string of the molecule is Cc1nc(N2CCN(C)CC2)c([N+](=O)[O-])n1CC(=O)c1ccc(Cl)cc1. The minimum absolute atomic E-state index is 0.130. The molecule has 0 saturated carbocycles. The van der Waals surface area contributed by atoms with Crippen LogP contribution in [0.2, 0.25) is 5.02 Å². The summed E-state index contributed by atoms with van der Waals surface area (Å²) >= 11 is 5.84. The van der Waals surface area contributed by atoms with Crippen LogP contribution >= 0.6 is 11.6 Å². The lowest BCUT2D eigenvalue weighted by Gasteiger charge is -2.32. The van der Waals surface area contributed by atoms with Crippen LogP contribution in [0.3, 0.4) is 0 Å². The number of anilines is 1. The Balaban J connectivity index is 1.90. The number of Topliss-reactive ketones (excluding diaryl/α,β-unsaturated/α-hetero) is 1. The van der Waals surface area contributed by atoms with Crippen LogP contribution in [0, 0.1) is 17.0 Å². The number of carbonyl (C=O) groups is 1. The van der Waals surface area contributed by atoms with Crippen molar-refractivity contribution in [2.45, 2.75) is 13.5 Å². The Labute approximate surface area is 156 Å². The van der Waals surface area contributed by atoms with Gasteiger partial charge < -0.3 is 19.9 Å². The molecule has 0 bridgehead atoms. The van der Waals surface area contributed by atoms with Gasteiger partial charge in [0.05, 0.1) is 0 Å². The first-order valence-electron chi connectivity index (χ1n) is 8.30. The molecule has 0 unspecified atom stereocenters. The first-order valence-corrected chi connectivity index (χ1v) is 8.68. The van der Waals surface area contributed by atoms with Gasteiger partial charge in [0.2, 0.25) is 11.6 Å². The minimum atomic E-state index is -0.456. The summed E-state index contributed by atoms with van der Waals surface area (Å²) in [6, 6.07) is 6.48. The average molecular weight is 378 g/mol. The maximum absolute atomic E-state index is 12.5. The molecule has 1 aromatic carbocycles. The quantitative estimate of drug-likeness (QED) is 0.452. The van der Waals surface area contributed by atoms with Crippen LogP contribution in [-0.2, 0) is 6.54 Å². The number of piperazine rings is 1. The molecule has 1 fully saturated rings. The predicted molar refractivity (Wildman–Crippen MR) is 99.1 cm³/mol. The fourth-order valence-corrected chi connectivity index (χ4v) is 3.13. The van der Waals surface area contributed by atoms with Gasteiger partial charge in [0.1, 0.15) is 0 Å². The van der Waals surface area contributed by atoms with E-state index in [1.165, 1.54) is 4.57 Å². The van der Waals surface area contributed by atoms with Crippen molar-refractivity contribution in [1.29, 1.82) is 0 Å². The number of carbonyl (C=O) groups excluding carboxylic acids is 1. The first kappa shape index (κ1) is 18.3. The molecule has 3 rings (SSSR count). The number of hydrogen-bond donors (Lipinski definition) is 0. The Bertz CT molecular complexity index is 826. The zero-order valence-corrected chi connectivity index (χ0v) is 15.4. The summed E-state index contributed by atoms with van der Waals surface area (Å²) in [7, 11) is 2.01. The number of halogens is 1. The van der Waals surface area contributed by atoms with E-state index in [4.69, 9.17) is 11.6 Å². The van der Waals surface area contributed by atoms with Gasteiger partial charge in [-0.2, -0.15) is 4.98 Å². The second kappa shape index (κ2) is 7.43. The number of likely N-dealkylation sites (N-methyl/N-ethyl adjacent to an activating group) is 1. The van der Waals surface area contributed by atoms with Crippen molar-refractivity contribution in [2.24, 2.45) is 0 Å². The number of rotatable bonds is 5. The van der Waals surface area contributed by atoms with E-state index in [2.05, 4.69) is 9.88 Å². The molecule has 0 aliphatic carbocycles. The van der Waals surface area contributed by atoms with Gasteiger partial charge >= 0.3 is 5.82 Å². The summed E-state index contributed by atoms with van der Waals surface area (Å²) in [6.45, 7) is 4.50. The van der Waals surface area contributed by atoms with E-state index in [1.54, 1.807) is 31.2 Å². The molecule has 1 aliphatic heterocycles. The highest BCUT2D eigenvalue weighted by molar-refractivity contribution is 6.30. The van der Waals surface area contributed by atoms with Gasteiger partial charge in [-0.25, -0.2) is 4.57 Å². The van der Waals surface area contributed by atoms with Gasteiger partial charge in [0, 0.05) is 43.7 Å². The third-order valence-electron chi connectivity index (χ3n) is 4.56. The molecule has 138 valence electrons. The third-order valence-corrected chi connectivity index (χ3v) is 4.81. The molecule has 0 spiro atoms. The van der Waals surface area contributed by atoms with Crippen molar-refractivity contribution in [3.63, 3.8) is 0 Å². The molecule has 0 atom stereocenters. The van der Waals surface area contributed by atoms with Crippen molar-refractivity contribution in [3.8, 4) is 0 Å². The van der Waals surface area contributed by atoms with Gasteiger partial charge in [-0.3, -0.25) is 4.79 Å². The predicted octanol–water partition coefficient (Wildman–Crippen LogP) is 2.39. The number of hydrogen-bond acceptors (Lipinski definition) is 6. The number of benzene rings is 1. The van der Waals surface area contributed by atoms with Gasteiger partial charge in [-0.15, -0.1) is 0 Å². The monoisotopic (exact) mass is 377 g/mol. The molecule has 8 nitrogen and oxygen atoms in total. The normalized spacial score (nSPS) is 15.3. The Morgan fingerprint density at radius 3 is 2.42 bits per heavy atom. The highest BCUT2D eigenvalue weighted by Gasteiger charge is 2.31. The number of aryl methyl sites for hydroxylation is 1. The van der Waals surface area contributed by atoms with E-state index < -0.39 is 4.92 Å². The lowest BCUT2D eigenvalue weighted by atomic mass is 10.1. The molecule has 0 radical (unpaired) electrons. The Morgan fingerprint density at radius 2 is 1.85 bits per heavy atom. The van der Waals surface area contributed by atoms with Gasteiger partial charge in [-0.05, 0) is 36.2 Å². The fraction of sp³-hybridized carbons (Fsp3) is 0.412. The van der Waals surface area contributed by atoms with Crippen molar-refractivity contribution in [2.75, 3.05) is 38.1 Å². The summed E-state index contributed by atoms with van der Waals surface area (Å²) in [6.07, 6.45) is 0. The molecule has 0 N–H and O–H groups in total. The van der Waals surface area contributed by atoms with Crippen molar-refractivity contribution in [1.82, 2.24) is 14.5 Å². The van der Waals surface area contributed by atoms with Gasteiger partial charge in [-0.1, -0.05) is 11.6 Å².